The molecule has 3 nitrogen and oxygen atoms in total. The summed E-state index contributed by atoms with van der Waals surface area (Å²) in [6, 6.07) is 6.83. The van der Waals surface area contributed by atoms with Crippen molar-refractivity contribution in [2.45, 2.75) is 17.2 Å². The van der Waals surface area contributed by atoms with Gasteiger partial charge in [-0.25, -0.2) is 4.98 Å². The number of rotatable bonds is 5. The van der Waals surface area contributed by atoms with Gasteiger partial charge in [-0.3, -0.25) is 0 Å². The van der Waals surface area contributed by atoms with E-state index < -0.39 is 5.76 Å². The van der Waals surface area contributed by atoms with Crippen molar-refractivity contribution in [1.82, 2.24) is 9.55 Å². The molecule has 1 aromatic carbocycles. The van der Waals surface area contributed by atoms with Crippen LogP contribution in [0.5, 0.6) is 0 Å². The molecule has 0 radical (unpaired) electrons. The zero-order valence-electron chi connectivity index (χ0n) is 10.1. The molecule has 0 bridgehead atoms. The highest BCUT2D eigenvalue weighted by molar-refractivity contribution is 7.99. The first-order valence-corrected chi connectivity index (χ1v) is 6.77. The molecule has 19 heavy (non-hydrogen) atoms. The lowest BCUT2D eigenvalue weighted by Gasteiger charge is -2.07. The van der Waals surface area contributed by atoms with Gasteiger partial charge in [-0.2, -0.15) is 8.78 Å². The van der Waals surface area contributed by atoms with E-state index in [1.807, 2.05) is 7.05 Å². The third-order valence-electron chi connectivity index (χ3n) is 2.56. The van der Waals surface area contributed by atoms with Gasteiger partial charge in [-0.1, -0.05) is 23.4 Å². The van der Waals surface area contributed by atoms with Crippen LogP contribution in [0.2, 0.25) is 5.15 Å². The summed E-state index contributed by atoms with van der Waals surface area (Å²) in [5, 5.41) is 3.73. The van der Waals surface area contributed by atoms with Crippen LogP contribution in [-0.2, 0) is 13.6 Å². The Labute approximate surface area is 119 Å². The lowest BCUT2D eigenvalue weighted by Crippen LogP contribution is -2.05. The predicted octanol–water partition coefficient (Wildman–Crippen LogP) is 4.00. The molecule has 2 rings (SSSR count). The van der Waals surface area contributed by atoms with Crippen LogP contribution >= 0.6 is 23.4 Å². The molecule has 0 aliphatic carbocycles. The molecule has 0 aliphatic rings. The number of aromatic nitrogens is 2. The fourth-order valence-corrected chi connectivity index (χ4v) is 2.17. The van der Waals surface area contributed by atoms with Gasteiger partial charge in [0.1, 0.15) is 11.0 Å². The zero-order valence-corrected chi connectivity index (χ0v) is 11.7. The Hall–Kier alpha value is -1.27. The van der Waals surface area contributed by atoms with Gasteiger partial charge in [0.15, 0.2) is 0 Å². The number of alkyl halides is 2. The number of nitrogens with zero attached hydrogens (tertiary/aromatic N) is 2. The molecule has 1 heterocycles. The number of thioether (sulfide) groups is 1. The molecule has 0 saturated heterocycles. The fraction of sp³-hybridized carbons (Fsp3) is 0.250. The average molecular weight is 304 g/mol. The minimum Gasteiger partial charge on any atom is -0.378 e. The number of benzene rings is 1. The summed E-state index contributed by atoms with van der Waals surface area (Å²) < 4.78 is 26.1. The maximum Gasteiger partial charge on any atom is 0.288 e. The highest BCUT2D eigenvalue weighted by atomic mass is 35.5. The van der Waals surface area contributed by atoms with Gasteiger partial charge >= 0.3 is 0 Å². The lowest BCUT2D eigenvalue weighted by molar-refractivity contribution is 0.252. The van der Waals surface area contributed by atoms with E-state index in [0.717, 1.165) is 11.5 Å². The Morgan fingerprint density at radius 2 is 2.05 bits per heavy atom. The van der Waals surface area contributed by atoms with Gasteiger partial charge < -0.3 is 9.88 Å². The monoisotopic (exact) mass is 303 g/mol. The molecule has 1 N–H and O–H groups in total. The van der Waals surface area contributed by atoms with Gasteiger partial charge in [-0.05, 0) is 24.3 Å². The second-order valence-corrected chi connectivity index (χ2v) is 5.26. The molecule has 2 aromatic rings. The molecular formula is C12H12ClF2N3S. The third-order valence-corrected chi connectivity index (χ3v) is 3.63. The molecule has 0 fully saturated rings. The van der Waals surface area contributed by atoms with Crippen molar-refractivity contribution in [2.24, 2.45) is 7.05 Å². The zero-order chi connectivity index (χ0) is 13.8. The highest BCUT2D eigenvalue weighted by Crippen LogP contribution is 2.26. The van der Waals surface area contributed by atoms with Crippen molar-refractivity contribution in [2.75, 3.05) is 5.32 Å². The van der Waals surface area contributed by atoms with Crippen molar-refractivity contribution in [3.63, 3.8) is 0 Å². The standard InChI is InChI=1S/C12H12ClF2N3S/c1-18-10(13)6-17-11(18)7-16-8-2-4-9(5-3-8)19-12(14)15/h2-6,12,16H,7H2,1H3. The minimum absolute atomic E-state index is 0.518. The molecule has 7 heteroatoms. The first kappa shape index (κ1) is 14.1. The summed E-state index contributed by atoms with van der Waals surface area (Å²) in [5.41, 5.74) is 0.845. The summed E-state index contributed by atoms with van der Waals surface area (Å²) >= 11 is 6.41. The number of hydrogen-bond donors (Lipinski definition) is 1. The summed E-state index contributed by atoms with van der Waals surface area (Å²) in [5.74, 6) is -1.59. The number of hydrogen-bond acceptors (Lipinski definition) is 3. The van der Waals surface area contributed by atoms with E-state index in [2.05, 4.69) is 10.3 Å². The van der Waals surface area contributed by atoms with E-state index >= 15 is 0 Å². The van der Waals surface area contributed by atoms with Gasteiger partial charge in [-0.15, -0.1) is 0 Å². The van der Waals surface area contributed by atoms with Crippen molar-refractivity contribution in [3.05, 3.63) is 41.4 Å². The summed E-state index contributed by atoms with van der Waals surface area (Å²) in [6.45, 7) is 0.518. The fourth-order valence-electron chi connectivity index (χ4n) is 1.52. The quantitative estimate of drug-likeness (QED) is 0.847. The first-order valence-electron chi connectivity index (χ1n) is 5.51. The number of halogens is 3. The Morgan fingerprint density at radius 1 is 1.37 bits per heavy atom. The Balaban J connectivity index is 1.95. The SMILES string of the molecule is Cn1c(Cl)cnc1CNc1ccc(SC(F)F)cc1. The number of nitrogens with one attached hydrogen (secondary N) is 1. The smallest absolute Gasteiger partial charge is 0.288 e. The molecule has 0 atom stereocenters. The van der Waals surface area contributed by atoms with E-state index in [1.54, 1.807) is 35.0 Å². The van der Waals surface area contributed by atoms with Crippen molar-refractivity contribution >= 4 is 29.1 Å². The maximum atomic E-state index is 12.2. The largest absolute Gasteiger partial charge is 0.378 e. The molecule has 1 aromatic heterocycles. The lowest BCUT2D eigenvalue weighted by atomic mass is 10.3. The molecule has 0 unspecified atom stereocenters. The maximum absolute atomic E-state index is 12.2. The van der Waals surface area contributed by atoms with Crippen LogP contribution in [0.4, 0.5) is 14.5 Å². The second-order valence-electron chi connectivity index (χ2n) is 3.81. The second kappa shape index (κ2) is 6.25. The summed E-state index contributed by atoms with van der Waals surface area (Å²) in [4.78, 5) is 4.69. The summed E-state index contributed by atoms with van der Waals surface area (Å²) in [6.07, 6.45) is 1.58. The van der Waals surface area contributed by atoms with Crippen LogP contribution in [-0.4, -0.2) is 15.3 Å². The Bertz CT molecular complexity index is 542. The third kappa shape index (κ3) is 3.84. The Kier molecular flexibility index (Phi) is 4.66. The molecular weight excluding hydrogens is 292 g/mol. The van der Waals surface area contributed by atoms with E-state index in [9.17, 15) is 8.78 Å². The van der Waals surface area contributed by atoms with Crippen molar-refractivity contribution in [1.29, 1.82) is 0 Å². The minimum atomic E-state index is -2.39. The van der Waals surface area contributed by atoms with Gasteiger partial charge in [0.2, 0.25) is 0 Å². The van der Waals surface area contributed by atoms with Gasteiger partial charge in [0.25, 0.3) is 5.76 Å². The van der Waals surface area contributed by atoms with E-state index in [0.29, 0.717) is 28.4 Å². The topological polar surface area (TPSA) is 29.9 Å². The van der Waals surface area contributed by atoms with Crippen LogP contribution in [0, 0.1) is 0 Å². The molecule has 102 valence electrons. The van der Waals surface area contributed by atoms with E-state index in [4.69, 9.17) is 11.6 Å². The van der Waals surface area contributed by atoms with Crippen molar-refractivity contribution in [3.8, 4) is 0 Å². The van der Waals surface area contributed by atoms with Crippen molar-refractivity contribution < 1.29 is 8.78 Å². The van der Waals surface area contributed by atoms with Crippen LogP contribution in [0.1, 0.15) is 5.82 Å². The molecule has 0 saturated carbocycles. The van der Waals surface area contributed by atoms with Gasteiger partial charge in [0.05, 0.1) is 12.7 Å². The Morgan fingerprint density at radius 3 is 2.58 bits per heavy atom. The molecule has 0 spiro atoms. The molecule has 0 aliphatic heterocycles. The van der Waals surface area contributed by atoms with Gasteiger partial charge in [0, 0.05) is 17.6 Å². The van der Waals surface area contributed by atoms with Crippen LogP contribution < -0.4 is 5.32 Å². The summed E-state index contributed by atoms with van der Waals surface area (Å²) in [7, 11) is 1.83. The van der Waals surface area contributed by atoms with E-state index in [-0.39, 0.29) is 0 Å². The van der Waals surface area contributed by atoms with Crippen LogP contribution in [0.15, 0.2) is 35.4 Å². The predicted molar refractivity (Wildman–Crippen MR) is 73.8 cm³/mol. The highest BCUT2D eigenvalue weighted by Gasteiger charge is 2.06. The van der Waals surface area contributed by atoms with E-state index in [1.165, 1.54) is 0 Å². The van der Waals surface area contributed by atoms with Crippen LogP contribution in [0.3, 0.4) is 0 Å². The average Bonchev–Trinajstić information content (AvgIpc) is 2.69. The first-order chi connectivity index (χ1) is 9.06. The van der Waals surface area contributed by atoms with Crippen LogP contribution in [0.25, 0.3) is 0 Å². The number of imidazole rings is 1. The normalized spacial score (nSPS) is 11.0. The molecule has 0 amide bonds. The number of anilines is 1.